The number of morpholine rings is 1. The molecule has 0 aliphatic carbocycles. The van der Waals surface area contributed by atoms with Crippen LogP contribution >= 0.6 is 0 Å². The van der Waals surface area contributed by atoms with Crippen LogP contribution in [0.25, 0.3) is 0 Å². The number of carbonyl (C=O) groups excluding carboxylic acids is 1. The van der Waals surface area contributed by atoms with Crippen molar-refractivity contribution in [3.05, 3.63) is 36.0 Å². The Kier molecular flexibility index (Phi) is 3.87. The van der Waals surface area contributed by atoms with E-state index in [0.717, 1.165) is 5.69 Å². The molecule has 1 fully saturated rings. The molecule has 1 unspecified atom stereocenters. The third-order valence-corrected chi connectivity index (χ3v) is 3.45. The number of aromatic nitrogens is 3. The smallest absolute Gasteiger partial charge is 0.317 e. The van der Waals surface area contributed by atoms with Crippen LogP contribution < -0.4 is 5.32 Å². The van der Waals surface area contributed by atoms with E-state index in [1.807, 2.05) is 13.1 Å². The summed E-state index contributed by atoms with van der Waals surface area (Å²) in [6.07, 6.45) is 3.06. The standard InChI is InChI=1S/C13H17N5O3/c1-17-11(2-4-15-17)12-9-18(5-7-20-12)13(19)14-8-10-3-6-21-16-10/h2-4,6,12H,5,7-9H2,1H3,(H,14,19). The van der Waals surface area contributed by atoms with Gasteiger partial charge in [0.1, 0.15) is 18.1 Å². The number of carbonyl (C=O) groups is 1. The number of nitrogens with zero attached hydrogens (tertiary/aromatic N) is 4. The van der Waals surface area contributed by atoms with Crippen LogP contribution in [0, 0.1) is 0 Å². The predicted molar refractivity (Wildman–Crippen MR) is 72.2 cm³/mol. The van der Waals surface area contributed by atoms with Gasteiger partial charge >= 0.3 is 6.03 Å². The second-order valence-electron chi connectivity index (χ2n) is 4.83. The first kappa shape index (κ1) is 13.6. The Morgan fingerprint density at radius 1 is 1.52 bits per heavy atom. The van der Waals surface area contributed by atoms with Crippen molar-refractivity contribution in [1.82, 2.24) is 25.2 Å². The summed E-state index contributed by atoms with van der Waals surface area (Å²) in [7, 11) is 1.86. The lowest BCUT2D eigenvalue weighted by Gasteiger charge is -2.32. The zero-order chi connectivity index (χ0) is 14.7. The largest absolute Gasteiger partial charge is 0.368 e. The molecule has 1 atom stereocenters. The van der Waals surface area contributed by atoms with Gasteiger partial charge in [-0.2, -0.15) is 5.10 Å². The molecule has 8 heteroatoms. The Bertz CT molecular complexity index is 595. The highest BCUT2D eigenvalue weighted by molar-refractivity contribution is 5.74. The number of ether oxygens (including phenoxy) is 1. The van der Waals surface area contributed by atoms with Crippen molar-refractivity contribution in [1.29, 1.82) is 0 Å². The number of hydrogen-bond donors (Lipinski definition) is 1. The van der Waals surface area contributed by atoms with E-state index in [-0.39, 0.29) is 12.1 Å². The number of urea groups is 1. The van der Waals surface area contributed by atoms with Crippen LogP contribution in [0.1, 0.15) is 17.5 Å². The van der Waals surface area contributed by atoms with E-state index < -0.39 is 0 Å². The van der Waals surface area contributed by atoms with Crippen LogP contribution in [0.4, 0.5) is 4.79 Å². The highest BCUT2D eigenvalue weighted by Crippen LogP contribution is 2.21. The normalized spacial score (nSPS) is 18.7. The molecule has 2 amide bonds. The molecule has 1 aliphatic heterocycles. The maximum absolute atomic E-state index is 12.2. The Morgan fingerprint density at radius 3 is 3.14 bits per heavy atom. The highest BCUT2D eigenvalue weighted by atomic mass is 16.5. The van der Waals surface area contributed by atoms with Gasteiger partial charge in [0.25, 0.3) is 0 Å². The number of rotatable bonds is 3. The van der Waals surface area contributed by atoms with Gasteiger partial charge in [-0.05, 0) is 6.07 Å². The molecule has 1 N–H and O–H groups in total. The molecule has 0 saturated carbocycles. The van der Waals surface area contributed by atoms with E-state index in [1.54, 1.807) is 21.8 Å². The van der Waals surface area contributed by atoms with Crippen molar-refractivity contribution in [2.24, 2.45) is 7.05 Å². The second-order valence-corrected chi connectivity index (χ2v) is 4.83. The van der Waals surface area contributed by atoms with Gasteiger partial charge in [0.05, 0.1) is 25.4 Å². The average molecular weight is 291 g/mol. The molecule has 2 aromatic heterocycles. The first-order chi connectivity index (χ1) is 10.2. The topological polar surface area (TPSA) is 85.4 Å². The minimum atomic E-state index is -0.149. The lowest BCUT2D eigenvalue weighted by molar-refractivity contribution is -0.0194. The molecule has 0 bridgehead atoms. The van der Waals surface area contributed by atoms with Crippen molar-refractivity contribution in [3.63, 3.8) is 0 Å². The van der Waals surface area contributed by atoms with E-state index in [2.05, 4.69) is 15.6 Å². The van der Waals surface area contributed by atoms with Gasteiger partial charge in [-0.25, -0.2) is 4.79 Å². The van der Waals surface area contributed by atoms with E-state index in [1.165, 1.54) is 6.26 Å². The predicted octanol–water partition coefficient (Wildman–Crippen LogP) is 0.691. The van der Waals surface area contributed by atoms with Gasteiger partial charge < -0.3 is 19.5 Å². The number of nitrogens with one attached hydrogen (secondary N) is 1. The van der Waals surface area contributed by atoms with Crippen molar-refractivity contribution in [2.75, 3.05) is 19.7 Å². The van der Waals surface area contributed by atoms with Crippen LogP contribution in [-0.2, 0) is 18.3 Å². The van der Waals surface area contributed by atoms with E-state index in [9.17, 15) is 4.79 Å². The third-order valence-electron chi connectivity index (χ3n) is 3.45. The second kappa shape index (κ2) is 5.96. The quantitative estimate of drug-likeness (QED) is 0.899. The molecule has 21 heavy (non-hydrogen) atoms. The number of hydrogen-bond acceptors (Lipinski definition) is 5. The molecule has 8 nitrogen and oxygen atoms in total. The van der Waals surface area contributed by atoms with Crippen LogP contribution in [0.15, 0.2) is 29.1 Å². The molecule has 0 spiro atoms. The molecule has 3 rings (SSSR count). The fourth-order valence-corrected chi connectivity index (χ4v) is 2.32. The summed E-state index contributed by atoms with van der Waals surface area (Å²) in [5.74, 6) is 0. The number of aryl methyl sites for hydroxylation is 1. The van der Waals surface area contributed by atoms with E-state index >= 15 is 0 Å². The Morgan fingerprint density at radius 2 is 2.43 bits per heavy atom. The minimum Gasteiger partial charge on any atom is -0.368 e. The fraction of sp³-hybridized carbons (Fsp3) is 0.462. The monoisotopic (exact) mass is 291 g/mol. The van der Waals surface area contributed by atoms with Crippen LogP contribution in [0.5, 0.6) is 0 Å². The van der Waals surface area contributed by atoms with Gasteiger partial charge in [0, 0.05) is 25.9 Å². The average Bonchev–Trinajstić information content (AvgIpc) is 3.16. The third kappa shape index (κ3) is 3.05. The van der Waals surface area contributed by atoms with Crippen molar-refractivity contribution in [2.45, 2.75) is 12.6 Å². The SMILES string of the molecule is Cn1nccc1C1CN(C(=O)NCc2ccon2)CCO1. The lowest BCUT2D eigenvalue weighted by Crippen LogP contribution is -2.47. The lowest BCUT2D eigenvalue weighted by atomic mass is 10.2. The van der Waals surface area contributed by atoms with Gasteiger partial charge in [-0.1, -0.05) is 5.16 Å². The van der Waals surface area contributed by atoms with E-state index in [0.29, 0.717) is 31.9 Å². The summed E-state index contributed by atoms with van der Waals surface area (Å²) in [4.78, 5) is 13.9. The molecule has 2 aromatic rings. The fourth-order valence-electron chi connectivity index (χ4n) is 2.32. The molecule has 112 valence electrons. The van der Waals surface area contributed by atoms with Crippen LogP contribution in [0.3, 0.4) is 0 Å². The molecule has 1 saturated heterocycles. The molecular weight excluding hydrogens is 274 g/mol. The van der Waals surface area contributed by atoms with Gasteiger partial charge in [0.2, 0.25) is 0 Å². The zero-order valence-electron chi connectivity index (χ0n) is 11.7. The molecule has 0 aromatic carbocycles. The van der Waals surface area contributed by atoms with Gasteiger partial charge in [-0.15, -0.1) is 0 Å². The first-order valence-corrected chi connectivity index (χ1v) is 6.75. The van der Waals surface area contributed by atoms with Crippen LogP contribution in [0.2, 0.25) is 0 Å². The summed E-state index contributed by atoms with van der Waals surface area (Å²) in [5.41, 5.74) is 1.66. The van der Waals surface area contributed by atoms with E-state index in [4.69, 9.17) is 9.26 Å². The maximum atomic E-state index is 12.2. The Labute approximate surface area is 121 Å². The molecule has 1 aliphatic rings. The maximum Gasteiger partial charge on any atom is 0.317 e. The van der Waals surface area contributed by atoms with Crippen molar-refractivity contribution in [3.8, 4) is 0 Å². The first-order valence-electron chi connectivity index (χ1n) is 6.75. The van der Waals surface area contributed by atoms with Gasteiger partial charge in [-0.3, -0.25) is 4.68 Å². The zero-order valence-corrected chi connectivity index (χ0v) is 11.7. The summed E-state index contributed by atoms with van der Waals surface area (Å²) in [5, 5.41) is 10.7. The Hall–Kier alpha value is -2.35. The summed E-state index contributed by atoms with van der Waals surface area (Å²) < 4.78 is 12.2. The van der Waals surface area contributed by atoms with Crippen molar-refractivity contribution < 1.29 is 14.1 Å². The minimum absolute atomic E-state index is 0.131. The molecule has 0 radical (unpaired) electrons. The molecule has 3 heterocycles. The van der Waals surface area contributed by atoms with Gasteiger partial charge in [0.15, 0.2) is 0 Å². The summed E-state index contributed by atoms with van der Waals surface area (Å²) >= 11 is 0. The number of amides is 2. The van der Waals surface area contributed by atoms with Crippen molar-refractivity contribution >= 4 is 6.03 Å². The molecular formula is C13H17N5O3. The Balaban J connectivity index is 1.58. The summed E-state index contributed by atoms with van der Waals surface area (Å²) in [6.45, 7) is 1.93. The van der Waals surface area contributed by atoms with Crippen LogP contribution in [-0.4, -0.2) is 45.6 Å². The highest BCUT2D eigenvalue weighted by Gasteiger charge is 2.27. The summed E-state index contributed by atoms with van der Waals surface area (Å²) in [6, 6.07) is 3.49.